The average molecular weight is 308 g/mol. The number of hydrogen-bond acceptors (Lipinski definition) is 4. The highest BCUT2D eigenvalue weighted by Gasteiger charge is 2.20. The van der Waals surface area contributed by atoms with Gasteiger partial charge in [-0.2, -0.15) is 0 Å². The molecule has 0 radical (unpaired) electrons. The molecule has 5 heteroatoms. The van der Waals surface area contributed by atoms with Gasteiger partial charge in [0, 0.05) is 24.0 Å². The summed E-state index contributed by atoms with van der Waals surface area (Å²) in [5, 5.41) is 13.1. The first-order chi connectivity index (χ1) is 11.3. The summed E-state index contributed by atoms with van der Waals surface area (Å²) in [6.45, 7) is 0. The van der Waals surface area contributed by atoms with E-state index >= 15 is 0 Å². The summed E-state index contributed by atoms with van der Waals surface area (Å²) in [7, 11) is 0. The fourth-order valence-electron chi connectivity index (χ4n) is 3.26. The largest absolute Gasteiger partial charge is 0.393 e. The van der Waals surface area contributed by atoms with E-state index in [0.29, 0.717) is 6.04 Å². The van der Waals surface area contributed by atoms with Crippen molar-refractivity contribution < 1.29 is 5.11 Å². The Hall–Kier alpha value is -2.40. The van der Waals surface area contributed by atoms with E-state index in [-0.39, 0.29) is 6.10 Å². The number of fused-ring (bicyclic) bond motifs is 1. The Morgan fingerprint density at radius 2 is 1.83 bits per heavy atom. The molecule has 1 aromatic carbocycles. The van der Waals surface area contributed by atoms with Crippen LogP contribution in [0.2, 0.25) is 0 Å². The third-order valence-corrected chi connectivity index (χ3v) is 4.54. The van der Waals surface area contributed by atoms with Crippen molar-refractivity contribution >= 4 is 11.5 Å². The molecular weight excluding hydrogens is 288 g/mol. The molecule has 1 aliphatic carbocycles. The van der Waals surface area contributed by atoms with Crippen molar-refractivity contribution in [2.24, 2.45) is 0 Å². The SMILES string of the molecule is OC1CCC(Nc2nccn3c(-c4ccccc4)cnc23)CC1. The van der Waals surface area contributed by atoms with Crippen LogP contribution in [0.1, 0.15) is 25.7 Å². The summed E-state index contributed by atoms with van der Waals surface area (Å²) < 4.78 is 2.07. The highest BCUT2D eigenvalue weighted by atomic mass is 16.3. The van der Waals surface area contributed by atoms with Gasteiger partial charge in [-0.25, -0.2) is 9.97 Å². The quantitative estimate of drug-likeness (QED) is 0.780. The van der Waals surface area contributed by atoms with Crippen molar-refractivity contribution in [2.75, 3.05) is 5.32 Å². The molecule has 0 unspecified atom stereocenters. The minimum absolute atomic E-state index is 0.145. The molecule has 0 spiro atoms. The Morgan fingerprint density at radius 3 is 2.61 bits per heavy atom. The van der Waals surface area contributed by atoms with E-state index in [4.69, 9.17) is 0 Å². The van der Waals surface area contributed by atoms with Crippen LogP contribution < -0.4 is 5.32 Å². The molecule has 0 bridgehead atoms. The Balaban J connectivity index is 1.65. The summed E-state index contributed by atoms with van der Waals surface area (Å²) in [4.78, 5) is 9.03. The Kier molecular flexibility index (Phi) is 3.71. The lowest BCUT2D eigenvalue weighted by Crippen LogP contribution is -2.28. The Morgan fingerprint density at radius 1 is 1.04 bits per heavy atom. The van der Waals surface area contributed by atoms with E-state index in [1.807, 2.05) is 30.6 Å². The highest BCUT2D eigenvalue weighted by molar-refractivity contribution is 5.70. The van der Waals surface area contributed by atoms with Gasteiger partial charge in [-0.15, -0.1) is 0 Å². The lowest BCUT2D eigenvalue weighted by atomic mass is 9.93. The summed E-state index contributed by atoms with van der Waals surface area (Å²) in [5.74, 6) is 0.816. The van der Waals surface area contributed by atoms with E-state index in [1.54, 1.807) is 6.20 Å². The number of nitrogens with one attached hydrogen (secondary N) is 1. The zero-order valence-electron chi connectivity index (χ0n) is 12.9. The lowest BCUT2D eigenvalue weighted by Gasteiger charge is -2.26. The smallest absolute Gasteiger partial charge is 0.180 e. The second-order valence-electron chi connectivity index (χ2n) is 6.13. The van der Waals surface area contributed by atoms with E-state index in [1.165, 1.54) is 0 Å². The minimum Gasteiger partial charge on any atom is -0.393 e. The van der Waals surface area contributed by atoms with Crippen LogP contribution >= 0.6 is 0 Å². The van der Waals surface area contributed by atoms with Crippen LogP contribution in [0, 0.1) is 0 Å². The summed E-state index contributed by atoms with van der Waals surface area (Å²) in [6, 6.07) is 10.6. The number of imidazole rings is 1. The molecule has 0 aliphatic heterocycles. The average Bonchev–Trinajstić information content (AvgIpc) is 3.03. The van der Waals surface area contributed by atoms with Gasteiger partial charge in [0.05, 0.1) is 18.0 Å². The summed E-state index contributed by atoms with van der Waals surface area (Å²) >= 11 is 0. The van der Waals surface area contributed by atoms with Crippen molar-refractivity contribution in [3.63, 3.8) is 0 Å². The van der Waals surface area contributed by atoms with Crippen LogP contribution in [0.15, 0.2) is 48.9 Å². The predicted molar refractivity (Wildman–Crippen MR) is 90.3 cm³/mol. The number of hydrogen-bond donors (Lipinski definition) is 2. The van der Waals surface area contributed by atoms with Gasteiger partial charge in [-0.1, -0.05) is 30.3 Å². The number of anilines is 1. The highest BCUT2D eigenvalue weighted by Crippen LogP contribution is 2.26. The summed E-state index contributed by atoms with van der Waals surface area (Å²) in [6.07, 6.45) is 9.14. The maximum Gasteiger partial charge on any atom is 0.180 e. The van der Waals surface area contributed by atoms with Crippen LogP contribution in [-0.2, 0) is 0 Å². The maximum absolute atomic E-state index is 9.63. The molecule has 0 saturated heterocycles. The molecule has 3 aromatic rings. The molecule has 23 heavy (non-hydrogen) atoms. The van der Waals surface area contributed by atoms with Gasteiger partial charge in [0.2, 0.25) is 0 Å². The first-order valence-corrected chi connectivity index (χ1v) is 8.13. The molecule has 1 fully saturated rings. The first-order valence-electron chi connectivity index (χ1n) is 8.13. The van der Waals surface area contributed by atoms with Crippen molar-refractivity contribution in [1.29, 1.82) is 0 Å². The zero-order chi connectivity index (χ0) is 15.6. The maximum atomic E-state index is 9.63. The second kappa shape index (κ2) is 6.01. The van der Waals surface area contributed by atoms with E-state index in [9.17, 15) is 5.11 Å². The first kappa shape index (κ1) is 14.2. The van der Waals surface area contributed by atoms with Crippen LogP contribution in [-0.4, -0.2) is 31.6 Å². The fourth-order valence-corrected chi connectivity index (χ4v) is 3.26. The number of nitrogens with zero attached hydrogens (tertiary/aromatic N) is 3. The monoisotopic (exact) mass is 308 g/mol. The molecular formula is C18H20N4O. The van der Waals surface area contributed by atoms with Gasteiger partial charge in [0.1, 0.15) is 0 Å². The van der Waals surface area contributed by atoms with Gasteiger partial charge in [-0.05, 0) is 25.7 Å². The van der Waals surface area contributed by atoms with Gasteiger partial charge in [0.25, 0.3) is 0 Å². The lowest BCUT2D eigenvalue weighted by molar-refractivity contribution is 0.126. The number of aromatic nitrogens is 3. The molecule has 4 rings (SSSR count). The van der Waals surface area contributed by atoms with Crippen molar-refractivity contribution in [3.05, 3.63) is 48.9 Å². The van der Waals surface area contributed by atoms with Crippen LogP contribution in [0.4, 0.5) is 5.82 Å². The molecule has 0 atom stereocenters. The normalized spacial score (nSPS) is 21.4. The molecule has 0 amide bonds. The van der Waals surface area contributed by atoms with Gasteiger partial charge >= 0.3 is 0 Å². The number of aliphatic hydroxyl groups excluding tert-OH is 1. The number of rotatable bonds is 3. The van der Waals surface area contributed by atoms with Crippen molar-refractivity contribution in [1.82, 2.24) is 14.4 Å². The number of aliphatic hydroxyl groups is 1. The second-order valence-corrected chi connectivity index (χ2v) is 6.13. The molecule has 2 N–H and O–H groups in total. The number of benzene rings is 1. The van der Waals surface area contributed by atoms with Crippen LogP contribution in [0.3, 0.4) is 0 Å². The minimum atomic E-state index is -0.145. The molecule has 1 saturated carbocycles. The third kappa shape index (κ3) is 2.80. The van der Waals surface area contributed by atoms with Gasteiger partial charge < -0.3 is 10.4 Å². The Labute approximate surface area is 135 Å². The van der Waals surface area contributed by atoms with Crippen LogP contribution in [0.5, 0.6) is 0 Å². The van der Waals surface area contributed by atoms with Crippen LogP contribution in [0.25, 0.3) is 16.9 Å². The van der Waals surface area contributed by atoms with Gasteiger partial charge in [-0.3, -0.25) is 4.40 Å². The summed E-state index contributed by atoms with van der Waals surface area (Å²) in [5.41, 5.74) is 3.04. The van der Waals surface area contributed by atoms with E-state index in [0.717, 1.165) is 48.4 Å². The zero-order valence-corrected chi connectivity index (χ0v) is 12.9. The fraction of sp³-hybridized carbons (Fsp3) is 0.333. The van der Waals surface area contributed by atoms with Crippen molar-refractivity contribution in [2.45, 2.75) is 37.8 Å². The molecule has 2 aromatic heterocycles. The molecule has 1 aliphatic rings. The van der Waals surface area contributed by atoms with E-state index < -0.39 is 0 Å². The topological polar surface area (TPSA) is 62.5 Å². The standard InChI is InChI=1S/C18H20N4O/c23-15-8-6-14(7-9-15)21-17-18-20-12-16(22(18)11-10-19-17)13-4-2-1-3-5-13/h1-5,10-12,14-15,23H,6-9H2,(H,19,21). The third-order valence-electron chi connectivity index (χ3n) is 4.54. The van der Waals surface area contributed by atoms with Crippen molar-refractivity contribution in [3.8, 4) is 11.3 Å². The van der Waals surface area contributed by atoms with E-state index in [2.05, 4.69) is 31.8 Å². The predicted octanol–water partition coefficient (Wildman–Crippen LogP) is 3.11. The molecule has 2 heterocycles. The Bertz CT molecular complexity index is 791. The van der Waals surface area contributed by atoms with Gasteiger partial charge in [0.15, 0.2) is 11.5 Å². The molecule has 118 valence electrons. The molecule has 5 nitrogen and oxygen atoms in total.